The molecule has 8 nitrogen and oxygen atoms in total. The van der Waals surface area contributed by atoms with Crippen molar-refractivity contribution in [1.29, 1.82) is 0 Å². The predicted molar refractivity (Wildman–Crippen MR) is 134 cm³/mol. The lowest BCUT2D eigenvalue weighted by atomic mass is 10.0. The third-order valence-corrected chi connectivity index (χ3v) is 6.91. The van der Waals surface area contributed by atoms with Gasteiger partial charge in [0.1, 0.15) is 11.8 Å². The standard InChI is InChI=1S/C26H30N4O4S/c1-18-17-35-26(27-18)29-22(31)13-14-23(32)30(16-21-12-7-15-34-21)24(19-8-3-2-4-9-19)25(33)28-20-10-5-6-11-20/h2-4,7-9,12,15,17,20,24H,5-6,10-11,13-14,16H2,1H3,(H,28,33)(H,27,29,31)/t24-/m1/s1. The largest absolute Gasteiger partial charge is 0.467 e. The van der Waals surface area contributed by atoms with Gasteiger partial charge in [-0.1, -0.05) is 43.2 Å². The fourth-order valence-electron chi connectivity index (χ4n) is 4.31. The van der Waals surface area contributed by atoms with Gasteiger partial charge in [0.15, 0.2) is 5.13 Å². The number of carbonyl (C=O) groups excluding carboxylic acids is 3. The topological polar surface area (TPSA) is 105 Å². The van der Waals surface area contributed by atoms with Gasteiger partial charge in [-0.15, -0.1) is 11.3 Å². The van der Waals surface area contributed by atoms with Crippen molar-refractivity contribution in [1.82, 2.24) is 15.2 Å². The SMILES string of the molecule is Cc1csc(NC(=O)CCC(=O)N(Cc2ccco2)[C@@H](C(=O)NC2CCCC2)c2ccccc2)n1. The number of hydrogen-bond donors (Lipinski definition) is 2. The fraction of sp³-hybridized carbons (Fsp3) is 0.385. The number of hydrogen-bond acceptors (Lipinski definition) is 6. The Kier molecular flexibility index (Phi) is 8.31. The minimum atomic E-state index is -0.834. The summed E-state index contributed by atoms with van der Waals surface area (Å²) in [6.07, 6.45) is 5.53. The third-order valence-electron chi connectivity index (χ3n) is 6.03. The van der Waals surface area contributed by atoms with Crippen molar-refractivity contribution in [3.8, 4) is 0 Å². The molecule has 0 saturated heterocycles. The molecule has 2 heterocycles. The Morgan fingerprint density at radius 2 is 1.89 bits per heavy atom. The van der Waals surface area contributed by atoms with Gasteiger partial charge in [0.2, 0.25) is 17.7 Å². The molecule has 0 aliphatic heterocycles. The van der Waals surface area contributed by atoms with E-state index in [1.54, 1.807) is 12.1 Å². The highest BCUT2D eigenvalue weighted by atomic mass is 32.1. The van der Waals surface area contributed by atoms with Crippen LogP contribution in [0, 0.1) is 6.92 Å². The average Bonchev–Trinajstić information content (AvgIpc) is 3.62. The molecule has 1 saturated carbocycles. The van der Waals surface area contributed by atoms with Crippen molar-refractivity contribution >= 4 is 34.2 Å². The molecule has 184 valence electrons. The van der Waals surface area contributed by atoms with Gasteiger partial charge in [-0.05, 0) is 37.5 Å². The summed E-state index contributed by atoms with van der Waals surface area (Å²) in [5.74, 6) is -0.249. The van der Waals surface area contributed by atoms with Gasteiger partial charge in [0.05, 0.1) is 18.5 Å². The van der Waals surface area contributed by atoms with E-state index in [4.69, 9.17) is 4.42 Å². The number of anilines is 1. The molecule has 2 aromatic heterocycles. The molecular formula is C26H30N4O4S. The van der Waals surface area contributed by atoms with Crippen LogP contribution in [0.2, 0.25) is 0 Å². The van der Waals surface area contributed by atoms with Crippen LogP contribution >= 0.6 is 11.3 Å². The maximum atomic E-state index is 13.5. The van der Waals surface area contributed by atoms with E-state index in [0.29, 0.717) is 16.5 Å². The van der Waals surface area contributed by atoms with Crippen LogP contribution in [0.4, 0.5) is 5.13 Å². The number of benzene rings is 1. The normalized spacial score (nSPS) is 14.4. The Morgan fingerprint density at radius 3 is 2.54 bits per heavy atom. The van der Waals surface area contributed by atoms with E-state index in [1.165, 1.54) is 22.5 Å². The second kappa shape index (κ2) is 11.8. The first kappa shape index (κ1) is 24.7. The Labute approximate surface area is 208 Å². The van der Waals surface area contributed by atoms with Gasteiger partial charge in [-0.3, -0.25) is 14.4 Å². The number of furan rings is 1. The van der Waals surface area contributed by atoms with Gasteiger partial charge in [0.25, 0.3) is 0 Å². The zero-order valence-electron chi connectivity index (χ0n) is 19.7. The van der Waals surface area contributed by atoms with E-state index in [-0.39, 0.29) is 43.1 Å². The van der Waals surface area contributed by atoms with E-state index in [2.05, 4.69) is 15.6 Å². The van der Waals surface area contributed by atoms with E-state index in [9.17, 15) is 14.4 Å². The summed E-state index contributed by atoms with van der Waals surface area (Å²) in [6.45, 7) is 1.97. The van der Waals surface area contributed by atoms with Crippen molar-refractivity contribution in [2.75, 3.05) is 5.32 Å². The second-order valence-corrected chi connectivity index (χ2v) is 9.60. The van der Waals surface area contributed by atoms with Crippen LogP contribution in [0.15, 0.2) is 58.5 Å². The van der Waals surface area contributed by atoms with Gasteiger partial charge < -0.3 is 20.0 Å². The van der Waals surface area contributed by atoms with E-state index < -0.39 is 6.04 Å². The first-order valence-corrected chi connectivity index (χ1v) is 12.8. The van der Waals surface area contributed by atoms with E-state index in [0.717, 1.165) is 31.4 Å². The van der Waals surface area contributed by atoms with Gasteiger partial charge in [0, 0.05) is 24.3 Å². The number of aryl methyl sites for hydroxylation is 1. The number of rotatable bonds is 10. The van der Waals surface area contributed by atoms with Crippen molar-refractivity contribution in [2.24, 2.45) is 0 Å². The number of nitrogens with one attached hydrogen (secondary N) is 2. The number of thiazole rings is 1. The van der Waals surface area contributed by atoms with Crippen LogP contribution in [0.1, 0.15) is 61.6 Å². The molecule has 3 aromatic rings. The van der Waals surface area contributed by atoms with Crippen LogP contribution < -0.4 is 10.6 Å². The maximum Gasteiger partial charge on any atom is 0.247 e. The highest BCUT2D eigenvalue weighted by molar-refractivity contribution is 7.13. The molecule has 3 amide bonds. The first-order chi connectivity index (χ1) is 17.0. The lowest BCUT2D eigenvalue weighted by Gasteiger charge is -2.31. The summed E-state index contributed by atoms with van der Waals surface area (Å²) >= 11 is 1.34. The third kappa shape index (κ3) is 6.79. The number of carbonyl (C=O) groups is 3. The quantitative estimate of drug-likeness (QED) is 0.429. The molecule has 1 aromatic carbocycles. The number of nitrogens with zero attached hydrogens (tertiary/aromatic N) is 2. The zero-order chi connectivity index (χ0) is 24.6. The minimum absolute atomic E-state index is 0.0160. The van der Waals surface area contributed by atoms with Crippen molar-refractivity contribution in [3.63, 3.8) is 0 Å². The molecule has 0 unspecified atom stereocenters. The fourth-order valence-corrected chi connectivity index (χ4v) is 5.01. The number of aromatic nitrogens is 1. The smallest absolute Gasteiger partial charge is 0.247 e. The van der Waals surface area contributed by atoms with Crippen LogP contribution in [0.5, 0.6) is 0 Å². The molecule has 35 heavy (non-hydrogen) atoms. The first-order valence-electron chi connectivity index (χ1n) is 11.9. The predicted octanol–water partition coefficient (Wildman–Crippen LogP) is 4.59. The monoisotopic (exact) mass is 494 g/mol. The van der Waals surface area contributed by atoms with Crippen LogP contribution in [0.25, 0.3) is 0 Å². The molecular weight excluding hydrogens is 464 g/mol. The highest BCUT2D eigenvalue weighted by Gasteiger charge is 2.33. The molecule has 0 bridgehead atoms. The summed E-state index contributed by atoms with van der Waals surface area (Å²) in [4.78, 5) is 45.2. The molecule has 0 spiro atoms. The summed E-state index contributed by atoms with van der Waals surface area (Å²) in [5, 5.41) is 8.23. The summed E-state index contributed by atoms with van der Waals surface area (Å²) in [6, 6.07) is 12.1. The molecule has 9 heteroatoms. The summed E-state index contributed by atoms with van der Waals surface area (Å²) in [7, 11) is 0. The maximum absolute atomic E-state index is 13.5. The van der Waals surface area contributed by atoms with E-state index in [1.807, 2.05) is 42.6 Å². The second-order valence-electron chi connectivity index (χ2n) is 8.75. The number of amides is 3. The van der Waals surface area contributed by atoms with Gasteiger partial charge in [-0.25, -0.2) is 4.98 Å². The molecule has 1 atom stereocenters. The van der Waals surface area contributed by atoms with Gasteiger partial charge in [-0.2, -0.15) is 0 Å². The van der Waals surface area contributed by atoms with Crippen molar-refractivity contribution in [2.45, 2.75) is 64.1 Å². The molecule has 0 radical (unpaired) electrons. The Bertz CT molecular complexity index is 1120. The molecule has 4 rings (SSSR count). The van der Waals surface area contributed by atoms with Crippen molar-refractivity contribution < 1.29 is 18.8 Å². The summed E-state index contributed by atoms with van der Waals surface area (Å²) in [5.41, 5.74) is 1.54. The Balaban J connectivity index is 1.53. The minimum Gasteiger partial charge on any atom is -0.467 e. The van der Waals surface area contributed by atoms with E-state index >= 15 is 0 Å². The summed E-state index contributed by atoms with van der Waals surface area (Å²) < 4.78 is 5.51. The lowest BCUT2D eigenvalue weighted by Crippen LogP contribution is -2.46. The molecule has 1 aliphatic rings. The Morgan fingerprint density at radius 1 is 1.11 bits per heavy atom. The van der Waals surface area contributed by atoms with Gasteiger partial charge >= 0.3 is 0 Å². The lowest BCUT2D eigenvalue weighted by molar-refractivity contribution is -0.142. The van der Waals surface area contributed by atoms with Crippen LogP contribution in [-0.2, 0) is 20.9 Å². The van der Waals surface area contributed by atoms with Crippen LogP contribution in [0.3, 0.4) is 0 Å². The van der Waals surface area contributed by atoms with Crippen molar-refractivity contribution in [3.05, 3.63) is 71.1 Å². The van der Waals surface area contributed by atoms with Crippen LogP contribution in [-0.4, -0.2) is 33.6 Å². The molecule has 2 N–H and O–H groups in total. The molecule has 1 aliphatic carbocycles. The average molecular weight is 495 g/mol. The Hall–Kier alpha value is -3.46. The zero-order valence-corrected chi connectivity index (χ0v) is 20.6. The highest BCUT2D eigenvalue weighted by Crippen LogP contribution is 2.27. The molecule has 1 fully saturated rings.